The molecule has 6 heteroatoms. The summed E-state index contributed by atoms with van der Waals surface area (Å²) in [5, 5.41) is 11.6. The third-order valence-electron chi connectivity index (χ3n) is 3.16. The highest BCUT2D eigenvalue weighted by Gasteiger charge is 2.15. The van der Waals surface area contributed by atoms with E-state index in [0.717, 1.165) is 24.0 Å². The topological polar surface area (TPSA) is 54.2 Å². The van der Waals surface area contributed by atoms with Crippen LogP contribution in [0.15, 0.2) is 33.2 Å². The van der Waals surface area contributed by atoms with Crippen LogP contribution in [0.5, 0.6) is 0 Å². The molecule has 0 bridgehead atoms. The van der Waals surface area contributed by atoms with Crippen molar-refractivity contribution in [2.24, 2.45) is 0 Å². The van der Waals surface area contributed by atoms with Crippen molar-refractivity contribution in [1.82, 2.24) is 15.5 Å². The molecule has 2 aromatic rings. The van der Waals surface area contributed by atoms with Gasteiger partial charge in [-0.15, -0.1) is 5.10 Å². The van der Waals surface area contributed by atoms with Crippen molar-refractivity contribution in [3.8, 4) is 0 Å². The fourth-order valence-electron chi connectivity index (χ4n) is 1.94. The fraction of sp³-hybridized carbons (Fsp3) is 0.467. The zero-order chi connectivity index (χ0) is 15.2. The molecule has 21 heavy (non-hydrogen) atoms. The molecule has 1 aromatic carbocycles. The number of nitrogens with one attached hydrogen (secondary N) is 1. The molecule has 0 radical (unpaired) electrons. The largest absolute Gasteiger partial charge is 0.406 e. The Bertz CT molecular complexity index is 555. The number of hydrogen-bond acceptors (Lipinski definition) is 5. The predicted molar refractivity (Wildman–Crippen MR) is 87.3 cm³/mol. The Morgan fingerprint density at radius 2 is 2.00 bits per heavy atom. The first-order valence-electron chi connectivity index (χ1n) is 7.12. The first kappa shape index (κ1) is 16.0. The lowest BCUT2D eigenvalue weighted by molar-refractivity contribution is 0.416. The number of anilines is 1. The van der Waals surface area contributed by atoms with Gasteiger partial charge in [-0.05, 0) is 37.6 Å². The Hall–Kier alpha value is -1.40. The Labute approximate surface area is 133 Å². The molecule has 0 aliphatic rings. The Morgan fingerprint density at radius 3 is 2.67 bits per heavy atom. The molecule has 1 atom stereocenters. The highest BCUT2D eigenvalue weighted by Crippen LogP contribution is 2.19. The molecule has 0 amide bonds. The van der Waals surface area contributed by atoms with E-state index in [1.807, 2.05) is 31.0 Å². The third-order valence-corrected chi connectivity index (χ3v) is 3.69. The summed E-state index contributed by atoms with van der Waals surface area (Å²) in [5.41, 5.74) is 1.19. The van der Waals surface area contributed by atoms with E-state index in [0.29, 0.717) is 11.9 Å². The maximum Gasteiger partial charge on any atom is 0.318 e. The molecule has 1 aromatic heterocycles. The van der Waals surface area contributed by atoms with Crippen LogP contribution in [-0.4, -0.2) is 23.8 Å². The highest BCUT2D eigenvalue weighted by molar-refractivity contribution is 9.10. The van der Waals surface area contributed by atoms with Crippen molar-refractivity contribution >= 4 is 21.9 Å². The van der Waals surface area contributed by atoms with Crippen molar-refractivity contribution in [1.29, 1.82) is 0 Å². The molecule has 0 fully saturated rings. The van der Waals surface area contributed by atoms with E-state index in [9.17, 15) is 0 Å². The molecule has 0 saturated carbocycles. The summed E-state index contributed by atoms with van der Waals surface area (Å²) in [6.07, 6.45) is 1.08. The summed E-state index contributed by atoms with van der Waals surface area (Å²) >= 11 is 3.44. The number of halogens is 1. The van der Waals surface area contributed by atoms with Crippen LogP contribution in [0.3, 0.4) is 0 Å². The van der Waals surface area contributed by atoms with Crippen molar-refractivity contribution in [3.05, 3.63) is 40.2 Å². The number of benzene rings is 1. The van der Waals surface area contributed by atoms with Gasteiger partial charge in [0.2, 0.25) is 5.89 Å². The second-order valence-corrected chi connectivity index (χ2v) is 6.00. The van der Waals surface area contributed by atoms with Gasteiger partial charge in [0.1, 0.15) is 0 Å². The summed E-state index contributed by atoms with van der Waals surface area (Å²) in [6, 6.07) is 8.82. The molecular weight excluding hydrogens is 332 g/mol. The van der Waals surface area contributed by atoms with E-state index in [1.54, 1.807) is 0 Å². The number of hydrogen-bond donors (Lipinski definition) is 1. The normalized spacial score (nSPS) is 12.4. The minimum Gasteiger partial charge on any atom is -0.406 e. The molecule has 114 valence electrons. The second-order valence-electron chi connectivity index (χ2n) is 5.08. The van der Waals surface area contributed by atoms with Crippen LogP contribution in [0.1, 0.15) is 37.8 Å². The van der Waals surface area contributed by atoms with E-state index in [2.05, 4.69) is 50.5 Å². The van der Waals surface area contributed by atoms with Crippen LogP contribution >= 0.6 is 15.9 Å². The Morgan fingerprint density at radius 1 is 1.29 bits per heavy atom. The lowest BCUT2D eigenvalue weighted by Crippen LogP contribution is -2.19. The molecular formula is C15H21BrN4O. The van der Waals surface area contributed by atoms with E-state index in [-0.39, 0.29) is 6.04 Å². The lowest BCUT2D eigenvalue weighted by Gasteiger charge is -2.14. The molecule has 1 N–H and O–H groups in total. The molecule has 0 aliphatic heterocycles. The van der Waals surface area contributed by atoms with E-state index >= 15 is 0 Å². The van der Waals surface area contributed by atoms with Gasteiger partial charge in [-0.2, -0.15) is 0 Å². The highest BCUT2D eigenvalue weighted by atomic mass is 79.9. The zero-order valence-corrected chi connectivity index (χ0v) is 14.2. The van der Waals surface area contributed by atoms with Gasteiger partial charge in [0.05, 0.1) is 6.04 Å². The zero-order valence-electron chi connectivity index (χ0n) is 12.6. The van der Waals surface area contributed by atoms with Crippen LogP contribution in [0.25, 0.3) is 0 Å². The number of aromatic nitrogens is 2. The summed E-state index contributed by atoms with van der Waals surface area (Å²) in [5.74, 6) is 0.626. The SMILES string of the molecule is CCCNC(C)c1nnc(N(C)Cc2ccc(Br)cc2)o1. The average Bonchev–Trinajstić information content (AvgIpc) is 2.97. The van der Waals surface area contributed by atoms with Gasteiger partial charge < -0.3 is 14.6 Å². The third kappa shape index (κ3) is 4.54. The standard InChI is InChI=1S/C15H21BrN4O/c1-4-9-17-11(2)14-18-19-15(21-14)20(3)10-12-5-7-13(16)8-6-12/h5-8,11,17H,4,9-10H2,1-3H3. The van der Waals surface area contributed by atoms with Crippen LogP contribution < -0.4 is 10.2 Å². The van der Waals surface area contributed by atoms with Crippen LogP contribution in [0, 0.1) is 0 Å². The number of nitrogens with zero attached hydrogens (tertiary/aromatic N) is 3. The van der Waals surface area contributed by atoms with E-state index in [1.165, 1.54) is 5.56 Å². The minimum absolute atomic E-state index is 0.0762. The second kappa shape index (κ2) is 7.56. The fourth-order valence-corrected chi connectivity index (χ4v) is 2.20. The van der Waals surface area contributed by atoms with E-state index < -0.39 is 0 Å². The average molecular weight is 353 g/mol. The van der Waals surface area contributed by atoms with Gasteiger partial charge in [-0.1, -0.05) is 40.1 Å². The summed E-state index contributed by atoms with van der Waals surface area (Å²) in [6.45, 7) is 5.83. The predicted octanol–water partition coefficient (Wildman–Crippen LogP) is 3.53. The molecule has 0 aliphatic carbocycles. The molecule has 1 heterocycles. The maximum absolute atomic E-state index is 5.73. The van der Waals surface area contributed by atoms with Gasteiger partial charge in [-0.25, -0.2) is 0 Å². The Kier molecular flexibility index (Phi) is 5.76. The lowest BCUT2D eigenvalue weighted by atomic mass is 10.2. The van der Waals surface area contributed by atoms with Gasteiger partial charge in [0.15, 0.2) is 0 Å². The smallest absolute Gasteiger partial charge is 0.318 e. The molecule has 2 rings (SSSR count). The van der Waals surface area contributed by atoms with Gasteiger partial charge in [0.25, 0.3) is 0 Å². The molecule has 0 saturated heterocycles. The first-order valence-corrected chi connectivity index (χ1v) is 7.91. The monoisotopic (exact) mass is 352 g/mol. The molecule has 1 unspecified atom stereocenters. The van der Waals surface area contributed by atoms with Crippen LogP contribution in [0.4, 0.5) is 6.01 Å². The molecule has 0 spiro atoms. The van der Waals surface area contributed by atoms with Crippen LogP contribution in [0.2, 0.25) is 0 Å². The quantitative estimate of drug-likeness (QED) is 0.825. The van der Waals surface area contributed by atoms with Crippen molar-refractivity contribution in [3.63, 3.8) is 0 Å². The first-order chi connectivity index (χ1) is 10.1. The van der Waals surface area contributed by atoms with Gasteiger partial charge in [0, 0.05) is 18.1 Å². The van der Waals surface area contributed by atoms with Gasteiger partial charge in [-0.3, -0.25) is 0 Å². The maximum atomic E-state index is 5.73. The Balaban J connectivity index is 1.98. The number of rotatable bonds is 7. The van der Waals surface area contributed by atoms with Crippen molar-refractivity contribution in [2.75, 3.05) is 18.5 Å². The summed E-state index contributed by atoms with van der Waals surface area (Å²) in [4.78, 5) is 1.95. The van der Waals surface area contributed by atoms with Crippen molar-refractivity contribution in [2.45, 2.75) is 32.9 Å². The van der Waals surface area contributed by atoms with Crippen LogP contribution in [-0.2, 0) is 6.54 Å². The van der Waals surface area contributed by atoms with Crippen molar-refractivity contribution < 1.29 is 4.42 Å². The summed E-state index contributed by atoms with van der Waals surface area (Å²) < 4.78 is 6.81. The van der Waals surface area contributed by atoms with E-state index in [4.69, 9.17) is 4.42 Å². The summed E-state index contributed by atoms with van der Waals surface area (Å²) in [7, 11) is 1.95. The molecule has 5 nitrogen and oxygen atoms in total. The minimum atomic E-state index is 0.0762. The van der Waals surface area contributed by atoms with Gasteiger partial charge >= 0.3 is 6.01 Å².